The Balaban J connectivity index is 1.50. The number of hydrogen-bond donors (Lipinski definition) is 1. The summed E-state index contributed by atoms with van der Waals surface area (Å²) in [5, 5.41) is 0.542. The second kappa shape index (κ2) is 8.00. The number of piperazine rings is 1. The van der Waals surface area contributed by atoms with Crippen LogP contribution >= 0.6 is 11.6 Å². The number of carbonyl (C=O) groups is 2. The molecule has 8 heteroatoms. The smallest absolute Gasteiger partial charge is 0.292 e. The number of carbonyl (C=O) groups excluding carboxylic acids is 2. The van der Waals surface area contributed by atoms with E-state index in [0.717, 1.165) is 42.5 Å². The first-order valence-electron chi connectivity index (χ1n) is 9.76. The SMILES string of the molecule is COc1cc(Cl)c(C)cc1N1C(=O)C[C@H]([NH+]2CCN(c3cccc[nH+]3)CC2)C1=O. The van der Waals surface area contributed by atoms with Crippen LogP contribution in [-0.4, -0.2) is 51.1 Å². The monoisotopic (exact) mass is 416 g/mol. The summed E-state index contributed by atoms with van der Waals surface area (Å²) >= 11 is 6.18. The number of H-pyrrole nitrogens is 1. The molecular weight excluding hydrogens is 392 g/mol. The van der Waals surface area contributed by atoms with Gasteiger partial charge in [-0.05, 0) is 24.6 Å². The van der Waals surface area contributed by atoms with Crippen LogP contribution in [0, 0.1) is 6.92 Å². The molecule has 0 aliphatic carbocycles. The number of pyridine rings is 1. The predicted octanol–water partition coefficient (Wildman–Crippen LogP) is 0.508. The third-order valence-corrected chi connectivity index (χ3v) is 6.19. The summed E-state index contributed by atoms with van der Waals surface area (Å²) in [4.78, 5) is 33.9. The fraction of sp³-hybridized carbons (Fsp3) is 0.381. The molecule has 7 nitrogen and oxygen atoms in total. The molecule has 2 fully saturated rings. The number of anilines is 2. The predicted molar refractivity (Wildman–Crippen MR) is 110 cm³/mol. The minimum Gasteiger partial charge on any atom is -0.495 e. The van der Waals surface area contributed by atoms with Gasteiger partial charge in [0.1, 0.15) is 31.9 Å². The van der Waals surface area contributed by atoms with Gasteiger partial charge < -0.3 is 9.64 Å². The Bertz CT molecular complexity index is 929. The largest absolute Gasteiger partial charge is 0.495 e. The van der Waals surface area contributed by atoms with Crippen LogP contribution in [0.1, 0.15) is 12.0 Å². The topological polar surface area (TPSA) is 68.4 Å². The lowest BCUT2D eigenvalue weighted by Gasteiger charge is -2.31. The van der Waals surface area contributed by atoms with E-state index in [1.54, 1.807) is 12.1 Å². The number of methoxy groups -OCH3 is 1. The number of aromatic amines is 1. The Morgan fingerprint density at radius 1 is 1.21 bits per heavy atom. The van der Waals surface area contributed by atoms with Crippen molar-refractivity contribution in [3.05, 3.63) is 47.1 Å². The highest BCUT2D eigenvalue weighted by atomic mass is 35.5. The molecule has 2 N–H and O–H groups in total. The Labute approximate surface area is 174 Å². The average Bonchev–Trinajstić information content (AvgIpc) is 3.04. The summed E-state index contributed by atoms with van der Waals surface area (Å²) in [5.41, 5.74) is 1.27. The zero-order chi connectivity index (χ0) is 20.5. The first-order valence-corrected chi connectivity index (χ1v) is 10.1. The summed E-state index contributed by atoms with van der Waals surface area (Å²) in [7, 11) is 1.51. The van der Waals surface area contributed by atoms with Crippen LogP contribution in [0.3, 0.4) is 0 Å². The number of hydrogen-bond acceptors (Lipinski definition) is 4. The Hall–Kier alpha value is -2.64. The summed E-state index contributed by atoms with van der Waals surface area (Å²) in [6.45, 7) is 5.11. The van der Waals surface area contributed by atoms with Crippen LogP contribution < -0.4 is 24.4 Å². The number of quaternary nitrogens is 1. The van der Waals surface area contributed by atoms with Gasteiger partial charge in [0, 0.05) is 17.2 Å². The summed E-state index contributed by atoms with van der Waals surface area (Å²) in [5.74, 6) is 1.15. The van der Waals surface area contributed by atoms with Gasteiger partial charge in [-0.25, -0.2) is 9.88 Å². The van der Waals surface area contributed by atoms with Crippen LogP contribution in [0.25, 0.3) is 0 Å². The molecule has 0 saturated carbocycles. The van der Waals surface area contributed by atoms with Gasteiger partial charge in [0.05, 0.1) is 25.4 Å². The third kappa shape index (κ3) is 3.68. The Kier molecular flexibility index (Phi) is 5.43. The quantitative estimate of drug-likeness (QED) is 0.737. The molecule has 0 spiro atoms. The first-order chi connectivity index (χ1) is 14.0. The lowest BCUT2D eigenvalue weighted by atomic mass is 10.1. The van der Waals surface area contributed by atoms with Gasteiger partial charge in [0.25, 0.3) is 11.7 Å². The van der Waals surface area contributed by atoms with Crippen molar-refractivity contribution in [3.8, 4) is 5.75 Å². The summed E-state index contributed by atoms with van der Waals surface area (Å²) in [6, 6.07) is 9.05. The average molecular weight is 417 g/mol. The highest BCUT2D eigenvalue weighted by Gasteiger charge is 2.48. The number of benzene rings is 1. The number of nitrogens with one attached hydrogen (secondary N) is 2. The summed E-state index contributed by atoms with van der Waals surface area (Å²) < 4.78 is 5.39. The standard InChI is InChI=1S/C21H23ClN4O3/c1-14-11-16(18(29-2)12-15(14)22)26-20(27)13-17(21(26)28)24-7-9-25(10-8-24)19-5-3-4-6-23-19/h3-6,11-12,17H,7-10,13H2,1-2H3/p+2/t17-/m0/s1. The molecule has 2 amide bonds. The zero-order valence-corrected chi connectivity index (χ0v) is 17.3. The van der Waals surface area contributed by atoms with Gasteiger partial charge in [-0.2, -0.15) is 0 Å². The van der Waals surface area contributed by atoms with E-state index in [-0.39, 0.29) is 24.3 Å². The number of aromatic nitrogens is 1. The molecule has 2 aliphatic heterocycles. The molecule has 3 heterocycles. The van der Waals surface area contributed by atoms with E-state index in [4.69, 9.17) is 16.3 Å². The maximum Gasteiger partial charge on any atom is 0.292 e. The maximum absolute atomic E-state index is 13.2. The molecule has 2 aliphatic rings. The van der Waals surface area contributed by atoms with Crippen molar-refractivity contribution in [2.24, 2.45) is 0 Å². The van der Waals surface area contributed by atoms with Gasteiger partial charge in [-0.15, -0.1) is 0 Å². The molecule has 0 radical (unpaired) electrons. The van der Waals surface area contributed by atoms with E-state index < -0.39 is 0 Å². The molecule has 0 bridgehead atoms. The minimum absolute atomic E-state index is 0.162. The van der Waals surface area contributed by atoms with Crippen LogP contribution in [0.4, 0.5) is 11.5 Å². The normalized spacial score (nSPS) is 20.4. The van der Waals surface area contributed by atoms with Gasteiger partial charge in [-0.3, -0.25) is 14.5 Å². The van der Waals surface area contributed by atoms with Crippen LogP contribution in [0.15, 0.2) is 36.5 Å². The van der Waals surface area contributed by atoms with Crippen LogP contribution in [-0.2, 0) is 9.59 Å². The van der Waals surface area contributed by atoms with E-state index in [0.29, 0.717) is 16.5 Å². The van der Waals surface area contributed by atoms with E-state index in [2.05, 4.69) is 9.88 Å². The fourth-order valence-electron chi connectivity index (χ4n) is 4.15. The molecule has 2 aromatic rings. The van der Waals surface area contributed by atoms with E-state index in [1.165, 1.54) is 12.0 Å². The van der Waals surface area contributed by atoms with E-state index in [9.17, 15) is 9.59 Å². The van der Waals surface area contributed by atoms with Crippen molar-refractivity contribution in [3.63, 3.8) is 0 Å². The van der Waals surface area contributed by atoms with Crippen molar-refractivity contribution < 1.29 is 24.2 Å². The number of rotatable bonds is 4. The number of imide groups is 1. The molecule has 2 saturated heterocycles. The van der Waals surface area contributed by atoms with E-state index >= 15 is 0 Å². The number of ether oxygens (including phenoxy) is 1. The number of aryl methyl sites for hydroxylation is 1. The fourth-order valence-corrected chi connectivity index (χ4v) is 4.31. The third-order valence-electron chi connectivity index (χ3n) is 5.78. The Morgan fingerprint density at radius 2 is 1.97 bits per heavy atom. The van der Waals surface area contributed by atoms with Crippen molar-refractivity contribution in [1.82, 2.24) is 0 Å². The molecule has 29 heavy (non-hydrogen) atoms. The molecule has 152 valence electrons. The lowest BCUT2D eigenvalue weighted by Crippen LogP contribution is -3.19. The van der Waals surface area contributed by atoms with Crippen molar-refractivity contribution >= 4 is 34.9 Å². The molecule has 1 aromatic heterocycles. The second-order valence-corrected chi connectivity index (χ2v) is 7.90. The Morgan fingerprint density at radius 3 is 2.62 bits per heavy atom. The lowest BCUT2D eigenvalue weighted by molar-refractivity contribution is -0.915. The van der Waals surface area contributed by atoms with Gasteiger partial charge in [0.2, 0.25) is 5.91 Å². The minimum atomic E-state index is -0.356. The number of amides is 2. The molecule has 1 aromatic carbocycles. The van der Waals surface area contributed by atoms with Crippen LogP contribution in [0.2, 0.25) is 5.02 Å². The van der Waals surface area contributed by atoms with Gasteiger partial charge >= 0.3 is 0 Å². The van der Waals surface area contributed by atoms with Crippen molar-refractivity contribution in [2.75, 3.05) is 43.1 Å². The molecule has 4 rings (SSSR count). The van der Waals surface area contributed by atoms with Crippen molar-refractivity contribution in [1.29, 1.82) is 0 Å². The molecular formula is C21H25ClN4O3+2. The second-order valence-electron chi connectivity index (χ2n) is 7.49. The highest BCUT2D eigenvalue weighted by molar-refractivity contribution is 6.32. The van der Waals surface area contributed by atoms with Crippen LogP contribution in [0.5, 0.6) is 5.75 Å². The van der Waals surface area contributed by atoms with Gasteiger partial charge in [-0.1, -0.05) is 17.7 Å². The molecule has 0 unspecified atom stereocenters. The maximum atomic E-state index is 13.2. The highest BCUT2D eigenvalue weighted by Crippen LogP contribution is 2.36. The molecule has 1 atom stereocenters. The van der Waals surface area contributed by atoms with Gasteiger partial charge in [0.15, 0.2) is 6.04 Å². The number of halogens is 1. The summed E-state index contributed by atoms with van der Waals surface area (Å²) in [6.07, 6.45) is 2.13. The first kappa shape index (κ1) is 19.7. The van der Waals surface area contributed by atoms with E-state index in [1.807, 2.05) is 31.3 Å². The van der Waals surface area contributed by atoms with Crippen molar-refractivity contribution in [2.45, 2.75) is 19.4 Å². The zero-order valence-electron chi connectivity index (χ0n) is 16.6. The number of nitrogens with zero attached hydrogens (tertiary/aromatic N) is 2.